The van der Waals surface area contributed by atoms with Crippen molar-refractivity contribution in [2.75, 3.05) is 17.5 Å². The molecule has 1 rings (SSSR count). The molecule has 1 heterocycles. The SMILES string of the molecule is CC(C)(C)OC(=O)NCCn1cc(C(=O)O)c(NS(C)(=O)=O)n1. The van der Waals surface area contributed by atoms with Gasteiger partial charge in [-0.2, -0.15) is 5.10 Å². The van der Waals surface area contributed by atoms with E-state index in [0.717, 1.165) is 6.26 Å². The van der Waals surface area contributed by atoms with Gasteiger partial charge in [-0.1, -0.05) is 0 Å². The Morgan fingerprint density at radius 2 is 2.00 bits per heavy atom. The summed E-state index contributed by atoms with van der Waals surface area (Å²) in [6.45, 7) is 5.45. The molecule has 0 unspecified atom stereocenters. The third kappa shape index (κ3) is 7.00. The molecule has 0 aliphatic rings. The lowest BCUT2D eigenvalue weighted by Crippen LogP contribution is -2.34. The Bertz CT molecular complexity index is 689. The molecule has 0 fully saturated rings. The van der Waals surface area contributed by atoms with Gasteiger partial charge in [0, 0.05) is 12.7 Å². The molecule has 0 saturated heterocycles. The normalized spacial score (nSPS) is 11.8. The van der Waals surface area contributed by atoms with Gasteiger partial charge in [0.25, 0.3) is 0 Å². The van der Waals surface area contributed by atoms with E-state index < -0.39 is 27.7 Å². The van der Waals surface area contributed by atoms with E-state index in [1.165, 1.54) is 10.9 Å². The fourth-order valence-electron chi connectivity index (χ4n) is 1.53. The summed E-state index contributed by atoms with van der Waals surface area (Å²) in [6, 6.07) is 0. The smallest absolute Gasteiger partial charge is 0.407 e. The van der Waals surface area contributed by atoms with E-state index in [2.05, 4.69) is 10.4 Å². The second-order valence-corrected chi connectivity index (χ2v) is 7.51. The lowest BCUT2D eigenvalue weighted by molar-refractivity contribution is 0.0524. The van der Waals surface area contributed by atoms with Crippen LogP contribution in [-0.4, -0.2) is 53.8 Å². The van der Waals surface area contributed by atoms with E-state index in [4.69, 9.17) is 9.84 Å². The highest BCUT2D eigenvalue weighted by Crippen LogP contribution is 2.14. The molecule has 1 aromatic heterocycles. The minimum absolute atomic E-state index is 0.133. The molecule has 3 N–H and O–H groups in total. The Balaban J connectivity index is 2.70. The maximum Gasteiger partial charge on any atom is 0.407 e. The van der Waals surface area contributed by atoms with Crippen LogP contribution >= 0.6 is 0 Å². The van der Waals surface area contributed by atoms with Crippen LogP contribution in [0.3, 0.4) is 0 Å². The predicted octanol–water partition coefficient (Wildman–Crippen LogP) is 0.478. The number of hydrogen-bond donors (Lipinski definition) is 3. The molecule has 0 bridgehead atoms. The van der Waals surface area contributed by atoms with Crippen molar-refractivity contribution < 1.29 is 27.9 Å². The van der Waals surface area contributed by atoms with Crippen LogP contribution in [0, 0.1) is 0 Å². The summed E-state index contributed by atoms with van der Waals surface area (Å²) in [6.07, 6.45) is 1.45. The third-order valence-corrected chi connectivity index (χ3v) is 2.85. The Labute approximate surface area is 133 Å². The highest BCUT2D eigenvalue weighted by atomic mass is 32.2. The second kappa shape index (κ2) is 6.86. The van der Waals surface area contributed by atoms with Crippen LogP contribution in [0.4, 0.5) is 10.6 Å². The van der Waals surface area contributed by atoms with Crippen LogP contribution in [0.5, 0.6) is 0 Å². The maximum absolute atomic E-state index is 11.5. The first kappa shape index (κ1) is 18.7. The quantitative estimate of drug-likeness (QED) is 0.679. The van der Waals surface area contributed by atoms with Gasteiger partial charge in [0.15, 0.2) is 5.82 Å². The van der Waals surface area contributed by atoms with Gasteiger partial charge in [-0.3, -0.25) is 9.40 Å². The topological polar surface area (TPSA) is 140 Å². The first-order valence-electron chi connectivity index (χ1n) is 6.63. The van der Waals surface area contributed by atoms with Crippen LogP contribution < -0.4 is 10.0 Å². The van der Waals surface area contributed by atoms with Crippen LogP contribution in [-0.2, 0) is 21.3 Å². The van der Waals surface area contributed by atoms with Crippen LogP contribution in [0.25, 0.3) is 0 Å². The van der Waals surface area contributed by atoms with Crippen molar-refractivity contribution >= 4 is 27.9 Å². The van der Waals surface area contributed by atoms with E-state index in [0.29, 0.717) is 0 Å². The number of carboxylic acid groups (broad SMARTS) is 1. The first-order valence-corrected chi connectivity index (χ1v) is 8.52. The van der Waals surface area contributed by atoms with Crippen molar-refractivity contribution in [1.82, 2.24) is 15.1 Å². The zero-order chi connectivity index (χ0) is 17.8. The van der Waals surface area contributed by atoms with E-state index in [1.54, 1.807) is 20.8 Å². The summed E-state index contributed by atoms with van der Waals surface area (Å²) in [7, 11) is -3.65. The Kier molecular flexibility index (Phi) is 5.59. The van der Waals surface area contributed by atoms with Crippen molar-refractivity contribution in [2.45, 2.75) is 32.9 Å². The number of ether oxygens (including phenoxy) is 1. The fraction of sp³-hybridized carbons (Fsp3) is 0.583. The van der Waals surface area contributed by atoms with Crippen molar-refractivity contribution in [2.24, 2.45) is 0 Å². The van der Waals surface area contributed by atoms with Gasteiger partial charge in [0.05, 0.1) is 12.8 Å². The minimum atomic E-state index is -3.65. The fourth-order valence-corrected chi connectivity index (χ4v) is 2.03. The number of anilines is 1. The molecule has 0 radical (unpaired) electrons. The van der Waals surface area contributed by atoms with Crippen LogP contribution in [0.2, 0.25) is 0 Å². The summed E-state index contributed by atoms with van der Waals surface area (Å²) >= 11 is 0. The van der Waals surface area contributed by atoms with Crippen molar-refractivity contribution in [3.05, 3.63) is 11.8 Å². The summed E-state index contributed by atoms with van der Waals surface area (Å²) in [4.78, 5) is 22.5. The molecular formula is C12H20N4O6S. The number of nitrogens with zero attached hydrogens (tertiary/aromatic N) is 2. The van der Waals surface area contributed by atoms with E-state index in [1.807, 2.05) is 4.72 Å². The first-order chi connectivity index (χ1) is 10.4. The second-order valence-electron chi connectivity index (χ2n) is 5.76. The highest BCUT2D eigenvalue weighted by Gasteiger charge is 2.19. The number of sulfonamides is 1. The van der Waals surface area contributed by atoms with Crippen LogP contribution in [0.1, 0.15) is 31.1 Å². The number of nitrogens with one attached hydrogen (secondary N) is 2. The van der Waals surface area contributed by atoms with E-state index in [-0.39, 0.29) is 24.5 Å². The molecule has 11 heteroatoms. The van der Waals surface area contributed by atoms with Gasteiger partial charge in [-0.25, -0.2) is 18.0 Å². The van der Waals surface area contributed by atoms with Crippen molar-refractivity contribution in [3.63, 3.8) is 0 Å². The molecule has 23 heavy (non-hydrogen) atoms. The lowest BCUT2D eigenvalue weighted by atomic mass is 10.2. The van der Waals surface area contributed by atoms with E-state index in [9.17, 15) is 18.0 Å². The molecule has 10 nitrogen and oxygen atoms in total. The van der Waals surface area contributed by atoms with Crippen LogP contribution in [0.15, 0.2) is 6.20 Å². The molecule has 1 aromatic rings. The number of rotatable bonds is 6. The molecule has 1 amide bonds. The number of aromatic nitrogens is 2. The molecular weight excluding hydrogens is 328 g/mol. The Morgan fingerprint density at radius 1 is 1.39 bits per heavy atom. The number of carbonyl (C=O) groups excluding carboxylic acids is 1. The average molecular weight is 348 g/mol. The van der Waals surface area contributed by atoms with Crippen molar-refractivity contribution in [3.8, 4) is 0 Å². The zero-order valence-electron chi connectivity index (χ0n) is 13.3. The average Bonchev–Trinajstić information content (AvgIpc) is 2.67. The standard InChI is InChI=1S/C12H20N4O6S/c1-12(2,3)22-11(19)13-5-6-16-7-8(10(17)18)9(14-16)15-23(4,20)21/h7H,5-6H2,1-4H3,(H,13,19)(H,14,15)(H,17,18). The monoisotopic (exact) mass is 348 g/mol. The minimum Gasteiger partial charge on any atom is -0.477 e. The number of alkyl carbamates (subject to hydrolysis) is 1. The number of carboxylic acids is 1. The molecule has 0 spiro atoms. The van der Waals surface area contributed by atoms with Gasteiger partial charge >= 0.3 is 12.1 Å². The number of carbonyl (C=O) groups is 2. The molecule has 0 aliphatic carbocycles. The highest BCUT2D eigenvalue weighted by molar-refractivity contribution is 7.92. The zero-order valence-corrected chi connectivity index (χ0v) is 14.1. The summed E-state index contributed by atoms with van der Waals surface area (Å²) in [5, 5.41) is 15.4. The molecule has 0 aliphatic heterocycles. The van der Waals surface area contributed by atoms with Gasteiger partial charge in [-0.15, -0.1) is 0 Å². The maximum atomic E-state index is 11.5. The Hall–Kier alpha value is -2.30. The van der Waals surface area contributed by atoms with Gasteiger partial charge < -0.3 is 15.2 Å². The number of hydrogen-bond acceptors (Lipinski definition) is 6. The third-order valence-electron chi connectivity index (χ3n) is 2.28. The number of aromatic carboxylic acids is 1. The summed E-state index contributed by atoms with van der Waals surface area (Å²) < 4.78 is 30.7. The summed E-state index contributed by atoms with van der Waals surface area (Å²) in [5.74, 6) is -1.60. The number of amides is 1. The Morgan fingerprint density at radius 3 is 2.48 bits per heavy atom. The largest absolute Gasteiger partial charge is 0.477 e. The molecule has 0 atom stereocenters. The van der Waals surface area contributed by atoms with Gasteiger partial charge in [-0.05, 0) is 20.8 Å². The molecule has 0 aromatic carbocycles. The molecule has 0 saturated carbocycles. The lowest BCUT2D eigenvalue weighted by Gasteiger charge is -2.19. The predicted molar refractivity (Wildman–Crippen MR) is 81.9 cm³/mol. The molecule has 130 valence electrons. The van der Waals surface area contributed by atoms with E-state index >= 15 is 0 Å². The van der Waals surface area contributed by atoms with Gasteiger partial charge in [0.1, 0.15) is 11.2 Å². The van der Waals surface area contributed by atoms with Gasteiger partial charge in [0.2, 0.25) is 10.0 Å². The van der Waals surface area contributed by atoms with Crippen molar-refractivity contribution in [1.29, 1.82) is 0 Å². The summed E-state index contributed by atoms with van der Waals surface area (Å²) in [5.41, 5.74) is -0.911.